The molecule has 3 aliphatic heterocycles. The molecule has 4 heterocycles. The van der Waals surface area contributed by atoms with Gasteiger partial charge >= 0.3 is 6.03 Å². The average molecular weight is 612 g/mol. The van der Waals surface area contributed by atoms with Crippen LogP contribution in [0.1, 0.15) is 46.9 Å². The number of carbonyl (C=O) groups is 2. The number of aromatic hydroxyl groups is 1. The first kappa shape index (κ1) is 29.7. The Labute approximate surface area is 258 Å². The highest BCUT2D eigenvalue weighted by atomic mass is 28.3. The lowest BCUT2D eigenvalue weighted by Crippen LogP contribution is -2.49. The first-order chi connectivity index (χ1) is 21.1. The molecule has 0 atom stereocenters. The van der Waals surface area contributed by atoms with Crippen molar-refractivity contribution in [3.05, 3.63) is 76.9 Å². The van der Waals surface area contributed by atoms with E-state index in [9.17, 15) is 19.1 Å². The predicted octanol–water partition coefficient (Wildman–Crippen LogP) is 5.81. The molecule has 1 saturated heterocycles. The van der Waals surface area contributed by atoms with E-state index in [0.717, 1.165) is 52.6 Å². The Morgan fingerprint density at radius 2 is 1.82 bits per heavy atom. The van der Waals surface area contributed by atoms with E-state index in [2.05, 4.69) is 46.7 Å². The largest absolute Gasteiger partial charge is 0.508 e. The van der Waals surface area contributed by atoms with Gasteiger partial charge in [0.25, 0.3) is 5.91 Å². The van der Waals surface area contributed by atoms with Gasteiger partial charge in [0.05, 0.1) is 11.3 Å². The van der Waals surface area contributed by atoms with E-state index in [0.29, 0.717) is 44.7 Å². The van der Waals surface area contributed by atoms with E-state index in [-0.39, 0.29) is 29.5 Å². The van der Waals surface area contributed by atoms with Crippen LogP contribution in [0.5, 0.6) is 5.75 Å². The Hall–Kier alpha value is -4.36. The molecule has 0 saturated carbocycles. The van der Waals surface area contributed by atoms with Crippen molar-refractivity contribution < 1.29 is 19.1 Å². The lowest BCUT2D eigenvalue weighted by molar-refractivity contribution is 0.0984. The van der Waals surface area contributed by atoms with Gasteiger partial charge in [-0.3, -0.25) is 4.79 Å². The van der Waals surface area contributed by atoms with Crippen LogP contribution < -0.4 is 15.1 Å². The number of aromatic nitrogens is 1. The molecule has 2 aromatic carbocycles. The van der Waals surface area contributed by atoms with Crippen molar-refractivity contribution in [3.8, 4) is 17.2 Å². The number of rotatable bonds is 4. The van der Waals surface area contributed by atoms with Gasteiger partial charge in [0, 0.05) is 49.8 Å². The zero-order valence-electron chi connectivity index (χ0n) is 25.5. The van der Waals surface area contributed by atoms with Crippen LogP contribution >= 0.6 is 0 Å². The van der Waals surface area contributed by atoms with Crippen molar-refractivity contribution in [2.45, 2.75) is 57.8 Å². The molecule has 228 valence electrons. The number of amides is 3. The zero-order valence-corrected chi connectivity index (χ0v) is 26.5. The van der Waals surface area contributed by atoms with Gasteiger partial charge in [-0.25, -0.2) is 14.2 Å². The average Bonchev–Trinajstić information content (AvgIpc) is 3.36. The molecule has 3 aromatic rings. The maximum Gasteiger partial charge on any atom is 0.322 e. The SMILES string of the molecule is CC[Si](C)(C)C#Cc1cnc(C(=O)N2CCc3cc(F)ccc32)cc1N1CCC(N2CCc3cc(O)ccc3NC2=O)CC1. The quantitative estimate of drug-likeness (QED) is 0.221. The number of fused-ring (bicyclic) bond motifs is 2. The van der Waals surface area contributed by atoms with Crippen molar-refractivity contribution >= 4 is 37.1 Å². The Morgan fingerprint density at radius 3 is 2.59 bits per heavy atom. The van der Waals surface area contributed by atoms with E-state index < -0.39 is 8.07 Å². The Morgan fingerprint density at radius 1 is 1.05 bits per heavy atom. The molecule has 8 nitrogen and oxygen atoms in total. The Balaban J connectivity index is 1.23. The maximum atomic E-state index is 13.8. The highest BCUT2D eigenvalue weighted by Gasteiger charge is 2.32. The number of hydrogen-bond donors (Lipinski definition) is 2. The van der Waals surface area contributed by atoms with Crippen LogP contribution in [-0.4, -0.2) is 67.2 Å². The molecule has 0 radical (unpaired) electrons. The minimum Gasteiger partial charge on any atom is -0.508 e. The molecule has 3 aliphatic rings. The highest BCUT2D eigenvalue weighted by molar-refractivity contribution is 6.85. The first-order valence-corrected chi connectivity index (χ1v) is 18.6. The molecule has 0 aliphatic carbocycles. The van der Waals surface area contributed by atoms with Gasteiger partial charge in [0.2, 0.25) is 0 Å². The third kappa shape index (κ3) is 6.02. The van der Waals surface area contributed by atoms with E-state index >= 15 is 0 Å². The highest BCUT2D eigenvalue weighted by Crippen LogP contribution is 2.32. The summed E-state index contributed by atoms with van der Waals surface area (Å²) in [6.45, 7) is 9.14. The number of nitrogens with zero attached hydrogens (tertiary/aromatic N) is 4. The molecule has 1 aromatic heterocycles. The number of hydrogen-bond acceptors (Lipinski definition) is 5. The summed E-state index contributed by atoms with van der Waals surface area (Å²) in [5, 5.41) is 12.9. The van der Waals surface area contributed by atoms with Gasteiger partial charge in [-0.1, -0.05) is 25.9 Å². The molecule has 2 N–H and O–H groups in total. The third-order valence-corrected chi connectivity index (χ3v) is 11.7. The summed E-state index contributed by atoms with van der Waals surface area (Å²) < 4.78 is 13.8. The van der Waals surface area contributed by atoms with E-state index in [1.165, 1.54) is 12.1 Å². The molecule has 0 bridgehead atoms. The van der Waals surface area contributed by atoms with Gasteiger partial charge < -0.3 is 25.1 Å². The third-order valence-electron chi connectivity index (χ3n) is 9.16. The lowest BCUT2D eigenvalue weighted by Gasteiger charge is -2.39. The zero-order chi connectivity index (χ0) is 31.0. The second-order valence-corrected chi connectivity index (χ2v) is 17.2. The van der Waals surface area contributed by atoms with Crippen molar-refractivity contribution in [3.63, 3.8) is 0 Å². The fourth-order valence-corrected chi connectivity index (χ4v) is 6.82. The summed E-state index contributed by atoms with van der Waals surface area (Å²) in [6.07, 6.45) is 4.54. The van der Waals surface area contributed by atoms with E-state index in [1.807, 2.05) is 11.0 Å². The Kier molecular flexibility index (Phi) is 8.07. The topological polar surface area (TPSA) is 89.0 Å². The molecule has 6 rings (SSSR count). The van der Waals surface area contributed by atoms with Crippen LogP contribution in [-0.2, 0) is 12.8 Å². The van der Waals surface area contributed by atoms with Crippen LogP contribution in [0.15, 0.2) is 48.7 Å². The summed E-state index contributed by atoms with van der Waals surface area (Å²) in [5.41, 5.74) is 8.79. The molecule has 44 heavy (non-hydrogen) atoms. The number of urea groups is 1. The first-order valence-electron chi connectivity index (χ1n) is 15.4. The van der Waals surface area contributed by atoms with E-state index in [1.54, 1.807) is 35.4 Å². The summed E-state index contributed by atoms with van der Waals surface area (Å²) >= 11 is 0. The second-order valence-electron chi connectivity index (χ2n) is 12.5. The van der Waals surface area contributed by atoms with Gasteiger partial charge in [-0.2, -0.15) is 0 Å². The number of carbonyl (C=O) groups excluding carboxylic acids is 2. The summed E-state index contributed by atoms with van der Waals surface area (Å²) in [5.74, 6) is 3.10. The smallest absolute Gasteiger partial charge is 0.322 e. The summed E-state index contributed by atoms with van der Waals surface area (Å²) in [4.78, 5) is 37.3. The van der Waals surface area contributed by atoms with Gasteiger partial charge in [0.15, 0.2) is 0 Å². The minimum absolute atomic E-state index is 0.0690. The maximum absolute atomic E-state index is 13.8. The summed E-state index contributed by atoms with van der Waals surface area (Å²) in [6, 6.07) is 12.5. The number of benzene rings is 2. The van der Waals surface area contributed by atoms with Gasteiger partial charge in [-0.05, 0) is 85.3 Å². The number of phenols is 1. The van der Waals surface area contributed by atoms with Crippen LogP contribution in [0.25, 0.3) is 0 Å². The van der Waals surface area contributed by atoms with Gasteiger partial charge in [0.1, 0.15) is 25.3 Å². The number of pyridine rings is 1. The normalized spacial score (nSPS) is 16.9. The van der Waals surface area contributed by atoms with Crippen LogP contribution in [0, 0.1) is 17.3 Å². The fourth-order valence-electron chi connectivity index (χ4n) is 6.17. The van der Waals surface area contributed by atoms with Crippen LogP contribution in [0.4, 0.5) is 26.2 Å². The second kappa shape index (κ2) is 12.0. The summed E-state index contributed by atoms with van der Waals surface area (Å²) in [7, 11) is -1.69. The van der Waals surface area contributed by atoms with Crippen LogP contribution in [0.3, 0.4) is 0 Å². The Bertz CT molecular complexity index is 1680. The molecule has 3 amide bonds. The molecule has 0 spiro atoms. The predicted molar refractivity (Wildman–Crippen MR) is 174 cm³/mol. The molecular formula is C34H38FN5O3Si. The number of phenolic OH excluding ortho intramolecular Hbond substituents is 1. The number of nitrogens with one attached hydrogen (secondary N) is 1. The fraction of sp³-hybridized carbons (Fsp3) is 0.382. The van der Waals surface area contributed by atoms with Crippen molar-refractivity contribution in [2.24, 2.45) is 0 Å². The van der Waals surface area contributed by atoms with Gasteiger partial charge in [-0.15, -0.1) is 5.54 Å². The van der Waals surface area contributed by atoms with E-state index in [4.69, 9.17) is 0 Å². The molecule has 1 fully saturated rings. The van der Waals surface area contributed by atoms with Crippen molar-refractivity contribution in [1.82, 2.24) is 9.88 Å². The molecule has 10 heteroatoms. The monoisotopic (exact) mass is 611 g/mol. The lowest BCUT2D eigenvalue weighted by atomic mass is 10.0. The number of piperidine rings is 1. The molecular weight excluding hydrogens is 573 g/mol. The number of anilines is 3. The minimum atomic E-state index is -1.69. The van der Waals surface area contributed by atoms with Crippen molar-refractivity contribution in [1.29, 1.82) is 0 Å². The molecule has 0 unspecified atom stereocenters. The van der Waals surface area contributed by atoms with Crippen LogP contribution in [0.2, 0.25) is 19.1 Å². The van der Waals surface area contributed by atoms with Crippen molar-refractivity contribution in [2.75, 3.05) is 41.3 Å². The number of halogens is 1. The standard InChI is InChI=1S/C34H38FN5O3Si/c1-4-44(2,3)18-13-25-22-36-30(33(42)40-17-10-24-19-26(35)5-8-31(24)40)21-32(25)38-14-11-27(12-15-38)39-16-9-23-20-28(41)6-7-29(23)37-34(39)43/h5-8,19-22,27,41H,4,9-12,14-17H2,1-3H3,(H,37,43).